The molecule has 2 aromatic rings. The number of nitro benzene ring substituents is 1. The predicted octanol–water partition coefficient (Wildman–Crippen LogP) is 2.64. The summed E-state index contributed by atoms with van der Waals surface area (Å²) in [6.45, 7) is 1.93. The summed E-state index contributed by atoms with van der Waals surface area (Å²) in [7, 11) is 0. The zero-order valence-electron chi connectivity index (χ0n) is 8.23. The number of rotatable bonds is 1. The van der Waals surface area contributed by atoms with Crippen LogP contribution in [0.4, 0.5) is 11.4 Å². The van der Waals surface area contributed by atoms with Crippen molar-refractivity contribution in [3.63, 3.8) is 0 Å². The highest BCUT2D eigenvalue weighted by Gasteiger charge is 2.12. The predicted molar refractivity (Wildman–Crippen MR) is 59.8 cm³/mol. The summed E-state index contributed by atoms with van der Waals surface area (Å²) >= 11 is 0. The third-order valence-corrected chi connectivity index (χ3v) is 2.38. The fourth-order valence-electron chi connectivity index (χ4n) is 1.63. The molecule has 0 aliphatic heterocycles. The summed E-state index contributed by atoms with van der Waals surface area (Å²) in [6, 6.07) is 8.44. The lowest BCUT2D eigenvalue weighted by Gasteiger charge is -2.03. The molecule has 4 nitrogen and oxygen atoms in total. The summed E-state index contributed by atoms with van der Waals surface area (Å²) in [6.07, 6.45) is 0. The van der Waals surface area contributed by atoms with E-state index in [1.54, 1.807) is 12.1 Å². The van der Waals surface area contributed by atoms with Crippen LogP contribution in [0.1, 0.15) is 5.56 Å². The van der Waals surface area contributed by atoms with Crippen LogP contribution in [0, 0.1) is 17.0 Å². The number of anilines is 1. The van der Waals surface area contributed by atoms with Crippen LogP contribution >= 0.6 is 0 Å². The smallest absolute Gasteiger partial charge is 0.277 e. The van der Waals surface area contributed by atoms with Crippen LogP contribution in [-0.2, 0) is 0 Å². The molecule has 15 heavy (non-hydrogen) atoms. The molecule has 4 heteroatoms. The molecule has 0 unspecified atom stereocenters. The normalized spacial score (nSPS) is 10.5. The molecule has 0 bridgehead atoms. The summed E-state index contributed by atoms with van der Waals surface area (Å²) in [5.41, 5.74) is 7.47. The Kier molecular flexibility index (Phi) is 2.04. The van der Waals surface area contributed by atoms with Crippen LogP contribution in [0.15, 0.2) is 30.3 Å². The van der Waals surface area contributed by atoms with Gasteiger partial charge >= 0.3 is 0 Å². The molecule has 0 aromatic heterocycles. The van der Waals surface area contributed by atoms with Crippen molar-refractivity contribution in [3.8, 4) is 0 Å². The van der Waals surface area contributed by atoms with E-state index < -0.39 is 4.92 Å². The van der Waals surface area contributed by atoms with Gasteiger partial charge in [-0.1, -0.05) is 11.6 Å². The number of nitrogens with two attached hydrogens (primary N) is 1. The van der Waals surface area contributed by atoms with Gasteiger partial charge in [-0.05, 0) is 25.1 Å². The number of aryl methyl sites for hydroxylation is 1. The van der Waals surface area contributed by atoms with Gasteiger partial charge in [-0.25, -0.2) is 0 Å². The minimum atomic E-state index is -0.392. The molecular formula is C11H10N2O2. The van der Waals surface area contributed by atoms with Crippen molar-refractivity contribution in [1.29, 1.82) is 0 Å². The lowest BCUT2D eigenvalue weighted by atomic mass is 10.0. The van der Waals surface area contributed by atoms with Gasteiger partial charge in [0, 0.05) is 17.1 Å². The molecule has 0 heterocycles. The number of hydrogen-bond acceptors (Lipinski definition) is 3. The first-order valence-corrected chi connectivity index (χ1v) is 4.53. The van der Waals surface area contributed by atoms with E-state index in [1.165, 1.54) is 6.07 Å². The second-order valence-corrected chi connectivity index (χ2v) is 3.48. The van der Waals surface area contributed by atoms with E-state index in [0.717, 1.165) is 10.9 Å². The van der Waals surface area contributed by atoms with Crippen LogP contribution < -0.4 is 5.73 Å². The maximum Gasteiger partial charge on any atom is 0.277 e. The Hall–Kier alpha value is -2.10. The van der Waals surface area contributed by atoms with Crippen molar-refractivity contribution in [1.82, 2.24) is 0 Å². The first-order valence-electron chi connectivity index (χ1n) is 4.53. The van der Waals surface area contributed by atoms with Gasteiger partial charge in [0.15, 0.2) is 0 Å². The lowest BCUT2D eigenvalue weighted by Crippen LogP contribution is -1.93. The van der Waals surface area contributed by atoms with Crippen LogP contribution in [-0.4, -0.2) is 4.92 Å². The average Bonchev–Trinajstić information content (AvgIpc) is 2.19. The third-order valence-electron chi connectivity index (χ3n) is 2.38. The Balaban J connectivity index is 2.88. The number of fused-ring (bicyclic) bond motifs is 1. The summed E-state index contributed by atoms with van der Waals surface area (Å²) in [4.78, 5) is 10.4. The zero-order valence-corrected chi connectivity index (χ0v) is 8.23. The molecule has 76 valence electrons. The largest absolute Gasteiger partial charge is 0.398 e. The number of nitrogens with zero attached hydrogens (tertiary/aromatic N) is 1. The van der Waals surface area contributed by atoms with Gasteiger partial charge in [0.05, 0.1) is 10.3 Å². The molecule has 0 aliphatic rings. The Morgan fingerprint density at radius 3 is 2.60 bits per heavy atom. The molecule has 0 saturated carbocycles. The fraction of sp³-hybridized carbons (Fsp3) is 0.0909. The van der Waals surface area contributed by atoms with E-state index in [1.807, 2.05) is 19.1 Å². The Bertz CT molecular complexity index is 550. The van der Waals surface area contributed by atoms with Gasteiger partial charge in [0.25, 0.3) is 5.69 Å². The molecular weight excluding hydrogens is 192 g/mol. The maximum atomic E-state index is 10.8. The lowest BCUT2D eigenvalue weighted by molar-refractivity contribution is -0.383. The van der Waals surface area contributed by atoms with E-state index in [2.05, 4.69) is 0 Å². The van der Waals surface area contributed by atoms with Gasteiger partial charge in [-0.15, -0.1) is 0 Å². The summed E-state index contributed by atoms with van der Waals surface area (Å²) in [5, 5.41) is 12.1. The Morgan fingerprint density at radius 1 is 1.20 bits per heavy atom. The van der Waals surface area contributed by atoms with Crippen molar-refractivity contribution >= 4 is 22.1 Å². The van der Waals surface area contributed by atoms with E-state index in [9.17, 15) is 10.1 Å². The summed E-state index contributed by atoms with van der Waals surface area (Å²) in [5.74, 6) is 0. The summed E-state index contributed by atoms with van der Waals surface area (Å²) < 4.78 is 0. The average molecular weight is 202 g/mol. The van der Waals surface area contributed by atoms with Gasteiger partial charge in [0.1, 0.15) is 0 Å². The maximum absolute atomic E-state index is 10.8. The Morgan fingerprint density at radius 2 is 1.93 bits per heavy atom. The van der Waals surface area contributed by atoms with Gasteiger partial charge < -0.3 is 5.73 Å². The van der Waals surface area contributed by atoms with Crippen LogP contribution in [0.3, 0.4) is 0 Å². The second-order valence-electron chi connectivity index (χ2n) is 3.48. The van der Waals surface area contributed by atoms with Crippen molar-refractivity contribution < 1.29 is 4.92 Å². The molecule has 0 amide bonds. The van der Waals surface area contributed by atoms with Crippen molar-refractivity contribution in [2.24, 2.45) is 0 Å². The molecule has 0 saturated heterocycles. The third kappa shape index (κ3) is 1.50. The van der Waals surface area contributed by atoms with Gasteiger partial charge in [0.2, 0.25) is 0 Å². The zero-order chi connectivity index (χ0) is 11.0. The molecule has 0 aliphatic carbocycles. The number of hydrogen-bond donors (Lipinski definition) is 1. The monoisotopic (exact) mass is 202 g/mol. The van der Waals surface area contributed by atoms with Crippen molar-refractivity contribution in [2.45, 2.75) is 6.92 Å². The molecule has 2 N–H and O–H groups in total. The van der Waals surface area contributed by atoms with Gasteiger partial charge in [-0.3, -0.25) is 10.1 Å². The number of nitrogen functional groups attached to an aromatic ring is 1. The first kappa shape index (κ1) is 9.45. The topological polar surface area (TPSA) is 69.2 Å². The quantitative estimate of drug-likeness (QED) is 0.439. The first-order chi connectivity index (χ1) is 7.09. The number of nitro groups is 1. The fourth-order valence-corrected chi connectivity index (χ4v) is 1.63. The van der Waals surface area contributed by atoms with Gasteiger partial charge in [-0.2, -0.15) is 0 Å². The molecule has 0 spiro atoms. The molecule has 0 atom stereocenters. The van der Waals surface area contributed by atoms with Crippen LogP contribution in [0.2, 0.25) is 0 Å². The minimum Gasteiger partial charge on any atom is -0.398 e. The molecule has 0 radical (unpaired) electrons. The minimum absolute atomic E-state index is 0.0965. The second kappa shape index (κ2) is 3.24. The molecule has 2 aromatic carbocycles. The number of non-ortho nitro benzene ring substituents is 1. The molecule has 0 fully saturated rings. The van der Waals surface area contributed by atoms with E-state index in [4.69, 9.17) is 5.73 Å². The number of benzene rings is 2. The molecule has 2 rings (SSSR count). The standard InChI is InChI=1S/C11H10N2O2/c1-7-2-3-8-9(6-7)10(12)4-5-11(8)13(14)15/h2-6H,12H2,1H3. The van der Waals surface area contributed by atoms with E-state index >= 15 is 0 Å². The van der Waals surface area contributed by atoms with Crippen molar-refractivity contribution in [3.05, 3.63) is 46.0 Å². The van der Waals surface area contributed by atoms with Crippen molar-refractivity contribution in [2.75, 3.05) is 5.73 Å². The van der Waals surface area contributed by atoms with E-state index in [-0.39, 0.29) is 5.69 Å². The highest BCUT2D eigenvalue weighted by molar-refractivity contribution is 5.99. The highest BCUT2D eigenvalue weighted by Crippen LogP contribution is 2.30. The highest BCUT2D eigenvalue weighted by atomic mass is 16.6. The van der Waals surface area contributed by atoms with Crippen LogP contribution in [0.25, 0.3) is 10.8 Å². The Labute approximate surface area is 86.5 Å². The SMILES string of the molecule is Cc1ccc2c([N+](=O)[O-])ccc(N)c2c1. The van der Waals surface area contributed by atoms with E-state index in [0.29, 0.717) is 11.1 Å². The van der Waals surface area contributed by atoms with Crippen LogP contribution in [0.5, 0.6) is 0 Å².